The van der Waals surface area contributed by atoms with E-state index in [0.717, 1.165) is 11.1 Å². The van der Waals surface area contributed by atoms with E-state index >= 15 is 0 Å². The summed E-state index contributed by atoms with van der Waals surface area (Å²) < 4.78 is 0. The number of hydrogen-bond acceptors (Lipinski definition) is 4. The molecule has 0 radical (unpaired) electrons. The zero-order valence-corrected chi connectivity index (χ0v) is 18.1. The Hall–Kier alpha value is -4.46. The molecule has 0 aliphatic heterocycles. The summed E-state index contributed by atoms with van der Waals surface area (Å²) in [5.74, 6) is -3.25. The number of rotatable bonds is 6. The Morgan fingerprint density at radius 2 is 1.09 bits per heavy atom. The average molecular weight is 444 g/mol. The highest BCUT2D eigenvalue weighted by Crippen LogP contribution is 2.20. The van der Waals surface area contributed by atoms with Gasteiger partial charge in [0.05, 0.1) is 0 Å². The first-order valence-corrected chi connectivity index (χ1v) is 10.3. The predicted molar refractivity (Wildman–Crippen MR) is 125 cm³/mol. The maximum atomic E-state index is 12.3. The number of aryl methyl sites for hydroxylation is 1. The lowest BCUT2D eigenvalue weighted by molar-refractivity contribution is -0.136. The van der Waals surface area contributed by atoms with Crippen molar-refractivity contribution in [2.75, 3.05) is 10.6 Å². The summed E-state index contributed by atoms with van der Waals surface area (Å²) in [4.78, 5) is 48.7. The van der Waals surface area contributed by atoms with E-state index in [0.29, 0.717) is 16.9 Å². The van der Waals surface area contributed by atoms with Crippen molar-refractivity contribution >= 4 is 35.0 Å². The average Bonchev–Trinajstić information content (AvgIpc) is 2.84. The van der Waals surface area contributed by atoms with Crippen LogP contribution in [0.2, 0.25) is 0 Å². The largest absolute Gasteiger partial charge is 0.344 e. The normalized spacial score (nSPS) is 10.1. The SMILES string of the molecule is Cc1ccc(NC(=O)C(=O)NCc2ccccc2)cc1NC(=O)C(=O)NCc1ccccc1. The molecule has 4 N–H and O–H groups in total. The van der Waals surface area contributed by atoms with Gasteiger partial charge in [-0.15, -0.1) is 0 Å². The van der Waals surface area contributed by atoms with Gasteiger partial charge in [0.15, 0.2) is 0 Å². The molecular weight excluding hydrogens is 420 g/mol. The van der Waals surface area contributed by atoms with E-state index < -0.39 is 23.6 Å². The van der Waals surface area contributed by atoms with Gasteiger partial charge in [-0.25, -0.2) is 0 Å². The molecular formula is C25H24N4O4. The lowest BCUT2D eigenvalue weighted by Crippen LogP contribution is -2.35. The molecule has 0 atom stereocenters. The van der Waals surface area contributed by atoms with Gasteiger partial charge in [-0.1, -0.05) is 66.7 Å². The fourth-order valence-corrected chi connectivity index (χ4v) is 2.92. The Bertz CT molecular complexity index is 1150. The van der Waals surface area contributed by atoms with Crippen molar-refractivity contribution in [1.29, 1.82) is 0 Å². The smallest absolute Gasteiger partial charge is 0.313 e. The van der Waals surface area contributed by atoms with Crippen LogP contribution >= 0.6 is 0 Å². The minimum absolute atomic E-state index is 0.222. The van der Waals surface area contributed by atoms with E-state index in [4.69, 9.17) is 0 Å². The van der Waals surface area contributed by atoms with Gasteiger partial charge in [0.2, 0.25) is 0 Å². The molecule has 0 aliphatic carbocycles. The molecule has 0 fully saturated rings. The van der Waals surface area contributed by atoms with E-state index in [1.54, 1.807) is 19.1 Å². The number of carbonyl (C=O) groups excluding carboxylic acids is 4. The Morgan fingerprint density at radius 3 is 1.61 bits per heavy atom. The van der Waals surface area contributed by atoms with Crippen LogP contribution < -0.4 is 21.3 Å². The summed E-state index contributed by atoms with van der Waals surface area (Å²) in [6, 6.07) is 23.2. The third kappa shape index (κ3) is 7.03. The molecule has 33 heavy (non-hydrogen) atoms. The van der Waals surface area contributed by atoms with Gasteiger partial charge in [0.25, 0.3) is 0 Å². The fraction of sp³-hybridized carbons (Fsp3) is 0.120. The fourth-order valence-electron chi connectivity index (χ4n) is 2.92. The molecule has 3 rings (SSSR count). The quantitative estimate of drug-likeness (QED) is 0.437. The molecule has 168 valence electrons. The molecule has 3 aromatic rings. The van der Waals surface area contributed by atoms with Gasteiger partial charge in [-0.3, -0.25) is 19.2 Å². The Labute approximate surface area is 191 Å². The van der Waals surface area contributed by atoms with Crippen LogP contribution in [0.5, 0.6) is 0 Å². The van der Waals surface area contributed by atoms with Crippen LogP contribution in [0, 0.1) is 6.92 Å². The monoisotopic (exact) mass is 444 g/mol. The first-order valence-electron chi connectivity index (χ1n) is 10.3. The van der Waals surface area contributed by atoms with E-state index in [9.17, 15) is 19.2 Å². The zero-order valence-electron chi connectivity index (χ0n) is 18.1. The van der Waals surface area contributed by atoms with Crippen LogP contribution in [0.4, 0.5) is 11.4 Å². The van der Waals surface area contributed by atoms with Crippen molar-refractivity contribution in [3.05, 3.63) is 95.6 Å². The van der Waals surface area contributed by atoms with Gasteiger partial charge in [0.1, 0.15) is 0 Å². The molecule has 8 heteroatoms. The maximum absolute atomic E-state index is 12.3. The molecule has 0 spiro atoms. The Morgan fingerprint density at radius 1 is 0.606 bits per heavy atom. The second kappa shape index (κ2) is 11.2. The molecule has 0 saturated carbocycles. The number of nitrogens with one attached hydrogen (secondary N) is 4. The highest BCUT2D eigenvalue weighted by Gasteiger charge is 2.17. The summed E-state index contributed by atoms with van der Waals surface area (Å²) in [6.45, 7) is 2.19. The third-order valence-electron chi connectivity index (χ3n) is 4.75. The van der Waals surface area contributed by atoms with Crippen LogP contribution in [0.15, 0.2) is 78.9 Å². The van der Waals surface area contributed by atoms with E-state index in [2.05, 4.69) is 21.3 Å². The standard InChI is InChI=1S/C25H24N4O4/c1-17-12-13-20(28-24(32)22(30)26-15-18-8-4-2-5-9-18)14-21(17)29-25(33)23(31)27-16-19-10-6-3-7-11-19/h2-14H,15-16H2,1H3,(H,26,30)(H,27,31)(H,28,32)(H,29,33). The van der Waals surface area contributed by atoms with Crippen LogP contribution in [0.1, 0.15) is 16.7 Å². The molecule has 4 amide bonds. The van der Waals surface area contributed by atoms with Gasteiger partial charge in [0, 0.05) is 24.5 Å². The molecule has 0 heterocycles. The van der Waals surface area contributed by atoms with Crippen LogP contribution in [-0.4, -0.2) is 23.6 Å². The van der Waals surface area contributed by atoms with E-state index in [-0.39, 0.29) is 13.1 Å². The number of benzene rings is 3. The van der Waals surface area contributed by atoms with Crippen LogP contribution in [0.3, 0.4) is 0 Å². The first kappa shape index (κ1) is 23.2. The highest BCUT2D eigenvalue weighted by molar-refractivity contribution is 6.40. The number of anilines is 2. The first-order chi connectivity index (χ1) is 15.9. The molecule has 0 bridgehead atoms. The predicted octanol–water partition coefficient (Wildman–Crippen LogP) is 2.50. The van der Waals surface area contributed by atoms with Crippen molar-refractivity contribution in [2.45, 2.75) is 20.0 Å². The van der Waals surface area contributed by atoms with Gasteiger partial charge in [-0.05, 0) is 35.7 Å². The number of carbonyl (C=O) groups is 4. The van der Waals surface area contributed by atoms with E-state index in [1.807, 2.05) is 60.7 Å². The maximum Gasteiger partial charge on any atom is 0.313 e. The van der Waals surface area contributed by atoms with Crippen molar-refractivity contribution in [3.8, 4) is 0 Å². The van der Waals surface area contributed by atoms with Crippen molar-refractivity contribution in [3.63, 3.8) is 0 Å². The molecule has 0 saturated heterocycles. The molecule has 3 aromatic carbocycles. The lowest BCUT2D eigenvalue weighted by atomic mass is 10.1. The zero-order chi connectivity index (χ0) is 23.6. The van der Waals surface area contributed by atoms with Crippen LogP contribution in [-0.2, 0) is 32.3 Å². The second-order valence-electron chi connectivity index (χ2n) is 7.27. The molecule has 0 aliphatic rings. The minimum atomic E-state index is -0.840. The molecule has 0 aromatic heterocycles. The van der Waals surface area contributed by atoms with Crippen LogP contribution in [0.25, 0.3) is 0 Å². The van der Waals surface area contributed by atoms with E-state index in [1.165, 1.54) is 6.07 Å². The molecule has 8 nitrogen and oxygen atoms in total. The van der Waals surface area contributed by atoms with Gasteiger partial charge < -0.3 is 21.3 Å². The number of amides is 4. The summed E-state index contributed by atoms with van der Waals surface area (Å²) in [5, 5.41) is 10.1. The highest BCUT2D eigenvalue weighted by atomic mass is 16.2. The van der Waals surface area contributed by atoms with Crippen molar-refractivity contribution in [2.24, 2.45) is 0 Å². The Balaban J connectivity index is 1.54. The lowest BCUT2D eigenvalue weighted by Gasteiger charge is -2.12. The van der Waals surface area contributed by atoms with Crippen molar-refractivity contribution < 1.29 is 19.2 Å². The summed E-state index contributed by atoms with van der Waals surface area (Å²) in [7, 11) is 0. The molecule has 0 unspecified atom stereocenters. The summed E-state index contributed by atoms with van der Waals surface area (Å²) >= 11 is 0. The second-order valence-corrected chi connectivity index (χ2v) is 7.27. The number of hydrogen-bond donors (Lipinski definition) is 4. The topological polar surface area (TPSA) is 116 Å². The minimum Gasteiger partial charge on any atom is -0.344 e. The van der Waals surface area contributed by atoms with Gasteiger partial charge >= 0.3 is 23.6 Å². The third-order valence-corrected chi connectivity index (χ3v) is 4.75. The van der Waals surface area contributed by atoms with Gasteiger partial charge in [-0.2, -0.15) is 0 Å². The Kier molecular flexibility index (Phi) is 7.91. The summed E-state index contributed by atoms with van der Waals surface area (Å²) in [5.41, 5.74) is 3.07. The summed E-state index contributed by atoms with van der Waals surface area (Å²) in [6.07, 6.45) is 0. The van der Waals surface area contributed by atoms with Crippen molar-refractivity contribution in [1.82, 2.24) is 10.6 Å².